The lowest BCUT2D eigenvalue weighted by atomic mass is 9.84. The number of hydrogen-bond acceptors (Lipinski definition) is 5. The zero-order chi connectivity index (χ0) is 17.6. The zero-order valence-corrected chi connectivity index (χ0v) is 17.8. The summed E-state index contributed by atoms with van der Waals surface area (Å²) in [7, 11) is 5.37. The van der Waals surface area contributed by atoms with Crippen LogP contribution in [-0.2, 0) is 11.2 Å². The van der Waals surface area contributed by atoms with Crippen LogP contribution in [0.15, 0.2) is 9.52 Å². The first-order valence-electron chi connectivity index (χ1n) is 8.42. The number of aliphatic imine (C=N–C) groups is 1. The smallest absolute Gasteiger partial charge is 0.230 e. The molecule has 0 spiro atoms. The molecule has 2 rings (SSSR count). The van der Waals surface area contributed by atoms with Gasteiger partial charge in [-0.1, -0.05) is 18.0 Å². The maximum Gasteiger partial charge on any atom is 0.230 e. The number of guanidine groups is 1. The first-order valence-corrected chi connectivity index (χ1v) is 8.42. The van der Waals surface area contributed by atoms with E-state index in [0.29, 0.717) is 37.2 Å². The van der Waals surface area contributed by atoms with Gasteiger partial charge in [0.05, 0.1) is 5.41 Å². The molecule has 8 nitrogen and oxygen atoms in total. The second-order valence-electron chi connectivity index (χ2n) is 6.52. The molecule has 25 heavy (non-hydrogen) atoms. The molecule has 0 radical (unpaired) electrons. The lowest BCUT2D eigenvalue weighted by Crippen LogP contribution is -2.49. The van der Waals surface area contributed by atoms with Crippen LogP contribution in [0.3, 0.4) is 0 Å². The summed E-state index contributed by atoms with van der Waals surface area (Å²) in [5.41, 5.74) is -0.315. The van der Waals surface area contributed by atoms with Crippen molar-refractivity contribution in [3.05, 3.63) is 11.7 Å². The number of carbonyl (C=O) groups excluding carboxylic acids is 1. The molecule has 1 aromatic heterocycles. The monoisotopic (exact) mass is 464 g/mol. The first-order chi connectivity index (χ1) is 11.5. The van der Waals surface area contributed by atoms with Crippen LogP contribution in [-0.4, -0.2) is 61.1 Å². The molecule has 1 aliphatic rings. The fourth-order valence-electron chi connectivity index (χ4n) is 3.20. The van der Waals surface area contributed by atoms with E-state index in [1.54, 1.807) is 18.9 Å². The second-order valence-corrected chi connectivity index (χ2v) is 6.52. The van der Waals surface area contributed by atoms with E-state index in [-0.39, 0.29) is 35.3 Å². The van der Waals surface area contributed by atoms with Crippen molar-refractivity contribution in [3.8, 4) is 0 Å². The molecule has 1 aromatic rings. The summed E-state index contributed by atoms with van der Waals surface area (Å²) in [6, 6.07) is 0. The number of aryl methyl sites for hydroxylation is 1. The highest BCUT2D eigenvalue weighted by molar-refractivity contribution is 14.0. The van der Waals surface area contributed by atoms with Gasteiger partial charge in [-0.25, -0.2) is 0 Å². The molecule has 1 fully saturated rings. The summed E-state index contributed by atoms with van der Waals surface area (Å²) in [5.74, 6) is 2.12. The molecule has 0 saturated heterocycles. The molecular formula is C16H29IN6O2. The number of rotatable bonds is 6. The fraction of sp³-hybridized carbons (Fsp3) is 0.750. The molecule has 0 unspecified atom stereocenters. The number of nitrogens with zero attached hydrogens (tertiary/aromatic N) is 4. The summed E-state index contributed by atoms with van der Waals surface area (Å²) < 4.78 is 5.08. The minimum Gasteiger partial charge on any atom is -0.356 e. The Morgan fingerprint density at radius 2 is 2.00 bits per heavy atom. The number of hydrogen-bond donors (Lipinski definition) is 2. The van der Waals surface area contributed by atoms with Gasteiger partial charge >= 0.3 is 0 Å². The van der Waals surface area contributed by atoms with Gasteiger partial charge in [0, 0.05) is 40.7 Å². The lowest BCUT2D eigenvalue weighted by Gasteiger charge is -2.31. The highest BCUT2D eigenvalue weighted by Gasteiger charge is 2.42. The van der Waals surface area contributed by atoms with E-state index >= 15 is 0 Å². The molecule has 9 heteroatoms. The Kier molecular flexibility index (Phi) is 8.60. The van der Waals surface area contributed by atoms with Crippen LogP contribution in [0.2, 0.25) is 0 Å². The highest BCUT2D eigenvalue weighted by Crippen LogP contribution is 2.38. The largest absolute Gasteiger partial charge is 0.356 e. The van der Waals surface area contributed by atoms with Crippen LogP contribution in [0.5, 0.6) is 0 Å². The van der Waals surface area contributed by atoms with Gasteiger partial charge in [0.2, 0.25) is 11.8 Å². The SMILES string of the molecule is CN=C(NCCc1nc(C)no1)NCC1(C(=O)N(C)C)CCCC1.I. The normalized spacial score (nSPS) is 16.2. The third kappa shape index (κ3) is 5.82. The van der Waals surface area contributed by atoms with Gasteiger partial charge in [0.25, 0.3) is 0 Å². The molecule has 1 saturated carbocycles. The molecule has 0 bridgehead atoms. The number of nitrogens with one attached hydrogen (secondary N) is 2. The van der Waals surface area contributed by atoms with E-state index in [2.05, 4.69) is 25.8 Å². The lowest BCUT2D eigenvalue weighted by molar-refractivity contribution is -0.138. The molecule has 0 aromatic carbocycles. The summed E-state index contributed by atoms with van der Waals surface area (Å²) in [4.78, 5) is 22.7. The Bertz CT molecular complexity index is 581. The minimum absolute atomic E-state index is 0. The maximum atomic E-state index is 12.6. The van der Waals surface area contributed by atoms with Crippen LogP contribution in [0.1, 0.15) is 37.4 Å². The van der Waals surface area contributed by atoms with E-state index in [1.807, 2.05) is 14.1 Å². The van der Waals surface area contributed by atoms with Crippen molar-refractivity contribution in [1.29, 1.82) is 0 Å². The van der Waals surface area contributed by atoms with Crippen molar-refractivity contribution in [2.75, 3.05) is 34.2 Å². The van der Waals surface area contributed by atoms with Crippen LogP contribution in [0, 0.1) is 12.3 Å². The van der Waals surface area contributed by atoms with E-state index < -0.39 is 0 Å². The van der Waals surface area contributed by atoms with Gasteiger partial charge < -0.3 is 20.1 Å². The van der Waals surface area contributed by atoms with Crippen molar-refractivity contribution in [1.82, 2.24) is 25.7 Å². The van der Waals surface area contributed by atoms with E-state index in [1.165, 1.54) is 0 Å². The van der Waals surface area contributed by atoms with Gasteiger partial charge in [-0.3, -0.25) is 9.79 Å². The molecule has 0 atom stereocenters. The van der Waals surface area contributed by atoms with Crippen molar-refractivity contribution in [2.24, 2.45) is 10.4 Å². The summed E-state index contributed by atoms with van der Waals surface area (Å²) in [5, 5.41) is 10.3. The average Bonchev–Trinajstić information content (AvgIpc) is 3.19. The Labute approximate surface area is 166 Å². The summed E-state index contributed by atoms with van der Waals surface area (Å²) >= 11 is 0. The Hall–Kier alpha value is -1.39. The van der Waals surface area contributed by atoms with Gasteiger partial charge in [0.1, 0.15) is 0 Å². The van der Waals surface area contributed by atoms with Crippen molar-refractivity contribution < 1.29 is 9.32 Å². The zero-order valence-electron chi connectivity index (χ0n) is 15.5. The topological polar surface area (TPSA) is 95.6 Å². The summed E-state index contributed by atoms with van der Waals surface area (Å²) in [6.45, 7) is 3.03. The Morgan fingerprint density at radius 1 is 1.32 bits per heavy atom. The fourth-order valence-corrected chi connectivity index (χ4v) is 3.20. The molecule has 1 amide bonds. The minimum atomic E-state index is -0.315. The van der Waals surface area contributed by atoms with Crippen LogP contribution in [0.4, 0.5) is 0 Å². The molecule has 0 aliphatic heterocycles. The highest BCUT2D eigenvalue weighted by atomic mass is 127. The Balaban J connectivity index is 0.00000312. The molecular weight excluding hydrogens is 435 g/mol. The maximum absolute atomic E-state index is 12.6. The standard InChI is InChI=1S/C16H28N6O2.HI/c1-12-20-13(24-21-12)7-10-18-15(17-2)19-11-16(8-5-6-9-16)14(23)22(3)4;/h5-11H2,1-4H3,(H2,17,18,19);1H. The number of halogens is 1. The second kappa shape index (κ2) is 9.93. The predicted octanol–water partition coefficient (Wildman–Crippen LogP) is 1.35. The van der Waals surface area contributed by atoms with Crippen molar-refractivity contribution >= 4 is 35.8 Å². The van der Waals surface area contributed by atoms with Gasteiger partial charge in [-0.05, 0) is 19.8 Å². The number of aromatic nitrogens is 2. The summed E-state index contributed by atoms with van der Waals surface area (Å²) in [6.07, 6.45) is 4.68. The molecule has 2 N–H and O–H groups in total. The van der Waals surface area contributed by atoms with Gasteiger partial charge in [-0.2, -0.15) is 4.98 Å². The number of amides is 1. The first kappa shape index (κ1) is 21.7. The van der Waals surface area contributed by atoms with Crippen LogP contribution >= 0.6 is 24.0 Å². The third-order valence-electron chi connectivity index (χ3n) is 4.44. The molecule has 1 heterocycles. The van der Waals surface area contributed by atoms with Gasteiger partial charge in [-0.15, -0.1) is 24.0 Å². The van der Waals surface area contributed by atoms with E-state index in [0.717, 1.165) is 25.7 Å². The van der Waals surface area contributed by atoms with E-state index in [4.69, 9.17) is 4.52 Å². The number of carbonyl (C=O) groups is 1. The molecule has 142 valence electrons. The quantitative estimate of drug-likeness (QED) is 0.375. The Morgan fingerprint density at radius 3 is 2.52 bits per heavy atom. The van der Waals surface area contributed by atoms with Crippen molar-refractivity contribution in [3.63, 3.8) is 0 Å². The third-order valence-corrected chi connectivity index (χ3v) is 4.44. The predicted molar refractivity (Wildman–Crippen MR) is 107 cm³/mol. The molecule has 1 aliphatic carbocycles. The van der Waals surface area contributed by atoms with E-state index in [9.17, 15) is 4.79 Å². The van der Waals surface area contributed by atoms with Crippen LogP contribution < -0.4 is 10.6 Å². The van der Waals surface area contributed by atoms with Crippen LogP contribution in [0.25, 0.3) is 0 Å². The average molecular weight is 464 g/mol. The van der Waals surface area contributed by atoms with Gasteiger partial charge in [0.15, 0.2) is 11.8 Å². The van der Waals surface area contributed by atoms with Crippen molar-refractivity contribution in [2.45, 2.75) is 39.0 Å².